The van der Waals surface area contributed by atoms with Crippen molar-refractivity contribution in [1.29, 1.82) is 0 Å². The lowest BCUT2D eigenvalue weighted by atomic mass is 10.0. The van der Waals surface area contributed by atoms with E-state index in [0.29, 0.717) is 18.4 Å². The maximum Gasteiger partial charge on any atom is 0.326 e. The Balaban J connectivity index is 2.12. The Hall–Kier alpha value is -3.15. The molecule has 2 aromatic rings. The number of nitrogens with one attached hydrogen (secondary N) is 2. The lowest BCUT2D eigenvalue weighted by Crippen LogP contribution is -2.42. The molecule has 0 heterocycles. The van der Waals surface area contributed by atoms with Gasteiger partial charge in [0.1, 0.15) is 6.04 Å². The summed E-state index contributed by atoms with van der Waals surface area (Å²) < 4.78 is 0. The maximum atomic E-state index is 12.5. The van der Waals surface area contributed by atoms with E-state index in [2.05, 4.69) is 10.6 Å². The topological polar surface area (TPSA) is 95.5 Å². The lowest BCUT2D eigenvalue weighted by Gasteiger charge is -2.21. The third-order valence-electron chi connectivity index (χ3n) is 4.14. The lowest BCUT2D eigenvalue weighted by molar-refractivity contribution is -0.142. The minimum atomic E-state index is -1.06. The summed E-state index contributed by atoms with van der Waals surface area (Å²) in [5, 5.41) is 14.6. The molecule has 2 atom stereocenters. The van der Waals surface area contributed by atoms with Crippen molar-refractivity contribution in [2.24, 2.45) is 0 Å². The highest BCUT2D eigenvalue weighted by Gasteiger charge is 2.23. The summed E-state index contributed by atoms with van der Waals surface area (Å²) >= 11 is 0. The molecule has 0 aromatic heterocycles. The summed E-state index contributed by atoms with van der Waals surface area (Å²) in [5.41, 5.74) is 1.27. The zero-order chi connectivity index (χ0) is 19.6. The quantitative estimate of drug-likeness (QED) is 0.634. The van der Waals surface area contributed by atoms with Crippen LogP contribution in [-0.4, -0.2) is 28.9 Å². The van der Waals surface area contributed by atoms with Gasteiger partial charge in [0, 0.05) is 5.56 Å². The molecule has 0 bridgehead atoms. The van der Waals surface area contributed by atoms with Gasteiger partial charge in [-0.3, -0.25) is 9.59 Å². The third kappa shape index (κ3) is 6.26. The van der Waals surface area contributed by atoms with Crippen molar-refractivity contribution in [2.75, 3.05) is 0 Å². The number of aliphatic carboxylic acids is 1. The molecule has 0 fully saturated rings. The summed E-state index contributed by atoms with van der Waals surface area (Å²) in [6.07, 6.45) is 0.952. The van der Waals surface area contributed by atoms with E-state index in [0.717, 1.165) is 5.56 Å². The molecular formula is C21H24N2O4. The number of carbonyl (C=O) groups excluding carboxylic acids is 2. The highest BCUT2D eigenvalue weighted by atomic mass is 16.4. The summed E-state index contributed by atoms with van der Waals surface area (Å²) in [7, 11) is 0. The molecule has 27 heavy (non-hydrogen) atoms. The van der Waals surface area contributed by atoms with Crippen LogP contribution in [0.2, 0.25) is 0 Å². The number of carbonyl (C=O) groups is 3. The van der Waals surface area contributed by atoms with E-state index in [1.165, 1.54) is 0 Å². The summed E-state index contributed by atoms with van der Waals surface area (Å²) in [5.74, 6) is -1.77. The Morgan fingerprint density at radius 2 is 1.52 bits per heavy atom. The molecule has 6 heteroatoms. The predicted octanol–water partition coefficient (Wildman–Crippen LogP) is 2.92. The number of benzene rings is 2. The SMILES string of the molecule is CCCC(NC(=O)CC(NC(=O)c1ccccc1)c1ccccc1)C(=O)O. The second-order valence-corrected chi connectivity index (χ2v) is 6.25. The average molecular weight is 368 g/mol. The Kier molecular flexibility index (Phi) is 7.55. The molecular weight excluding hydrogens is 344 g/mol. The minimum absolute atomic E-state index is 0.0456. The van der Waals surface area contributed by atoms with Crippen LogP contribution in [0.5, 0.6) is 0 Å². The van der Waals surface area contributed by atoms with Crippen molar-refractivity contribution < 1.29 is 19.5 Å². The number of hydrogen-bond donors (Lipinski definition) is 3. The fourth-order valence-electron chi connectivity index (χ4n) is 2.75. The van der Waals surface area contributed by atoms with Gasteiger partial charge in [-0.05, 0) is 24.1 Å². The summed E-state index contributed by atoms with van der Waals surface area (Å²) in [4.78, 5) is 36.2. The average Bonchev–Trinajstić information content (AvgIpc) is 2.68. The second-order valence-electron chi connectivity index (χ2n) is 6.25. The number of amides is 2. The first-order chi connectivity index (χ1) is 13.0. The van der Waals surface area contributed by atoms with Gasteiger partial charge in [0.25, 0.3) is 5.91 Å². The first kappa shape index (κ1) is 20.2. The van der Waals surface area contributed by atoms with E-state index in [-0.39, 0.29) is 12.3 Å². The zero-order valence-electron chi connectivity index (χ0n) is 15.2. The van der Waals surface area contributed by atoms with Gasteiger partial charge in [0.05, 0.1) is 12.5 Å². The molecule has 2 rings (SSSR count). The Bertz CT molecular complexity index is 762. The largest absolute Gasteiger partial charge is 0.480 e. The first-order valence-corrected chi connectivity index (χ1v) is 8.94. The van der Waals surface area contributed by atoms with Crippen molar-refractivity contribution in [1.82, 2.24) is 10.6 Å². The molecule has 0 aliphatic rings. The molecule has 3 N–H and O–H groups in total. The van der Waals surface area contributed by atoms with Crippen molar-refractivity contribution >= 4 is 17.8 Å². The van der Waals surface area contributed by atoms with E-state index in [1.54, 1.807) is 24.3 Å². The van der Waals surface area contributed by atoms with E-state index < -0.39 is 24.0 Å². The number of hydrogen-bond acceptors (Lipinski definition) is 3. The van der Waals surface area contributed by atoms with Gasteiger partial charge in [0.15, 0.2) is 0 Å². The molecule has 0 saturated heterocycles. The Morgan fingerprint density at radius 1 is 0.926 bits per heavy atom. The first-order valence-electron chi connectivity index (χ1n) is 8.94. The van der Waals surface area contributed by atoms with Gasteiger partial charge < -0.3 is 15.7 Å². The number of rotatable bonds is 9. The van der Waals surface area contributed by atoms with Crippen LogP contribution in [0.1, 0.15) is 48.1 Å². The summed E-state index contributed by atoms with van der Waals surface area (Å²) in [6.45, 7) is 1.86. The highest BCUT2D eigenvalue weighted by molar-refractivity contribution is 5.94. The monoisotopic (exact) mass is 368 g/mol. The van der Waals surface area contributed by atoms with Crippen molar-refractivity contribution in [3.05, 3.63) is 71.8 Å². The fraction of sp³-hybridized carbons (Fsp3) is 0.286. The van der Waals surface area contributed by atoms with Gasteiger partial charge >= 0.3 is 5.97 Å². The van der Waals surface area contributed by atoms with Crippen LogP contribution in [0.25, 0.3) is 0 Å². The van der Waals surface area contributed by atoms with E-state index in [4.69, 9.17) is 0 Å². The van der Waals surface area contributed by atoms with Gasteiger partial charge in [-0.2, -0.15) is 0 Å². The Morgan fingerprint density at radius 3 is 2.07 bits per heavy atom. The Labute approximate surface area is 158 Å². The minimum Gasteiger partial charge on any atom is -0.480 e. The van der Waals surface area contributed by atoms with Gasteiger partial charge in [-0.1, -0.05) is 61.9 Å². The van der Waals surface area contributed by atoms with Crippen LogP contribution in [0.15, 0.2) is 60.7 Å². The normalized spacial score (nSPS) is 12.6. The van der Waals surface area contributed by atoms with Gasteiger partial charge in [-0.25, -0.2) is 4.79 Å². The third-order valence-corrected chi connectivity index (χ3v) is 4.14. The highest BCUT2D eigenvalue weighted by Crippen LogP contribution is 2.18. The maximum absolute atomic E-state index is 12.5. The fourth-order valence-corrected chi connectivity index (χ4v) is 2.75. The van der Waals surface area contributed by atoms with Gasteiger partial charge in [0.2, 0.25) is 5.91 Å². The molecule has 2 amide bonds. The van der Waals surface area contributed by atoms with Crippen LogP contribution in [0.4, 0.5) is 0 Å². The smallest absolute Gasteiger partial charge is 0.326 e. The molecule has 0 spiro atoms. The van der Waals surface area contributed by atoms with E-state index in [1.807, 2.05) is 43.3 Å². The standard InChI is InChI=1S/C21H24N2O4/c1-2-9-17(21(26)27)22-19(24)14-18(15-10-5-3-6-11-15)23-20(25)16-12-7-4-8-13-16/h3-8,10-13,17-18H,2,9,14H2,1H3,(H,22,24)(H,23,25)(H,26,27). The molecule has 142 valence electrons. The number of carboxylic acid groups (broad SMARTS) is 1. The van der Waals surface area contributed by atoms with Crippen molar-refractivity contribution in [2.45, 2.75) is 38.3 Å². The van der Waals surface area contributed by atoms with Crippen LogP contribution in [0, 0.1) is 0 Å². The van der Waals surface area contributed by atoms with Crippen molar-refractivity contribution in [3.8, 4) is 0 Å². The molecule has 0 saturated carbocycles. The van der Waals surface area contributed by atoms with Crippen LogP contribution in [0.3, 0.4) is 0 Å². The van der Waals surface area contributed by atoms with Crippen LogP contribution in [-0.2, 0) is 9.59 Å². The molecule has 2 aromatic carbocycles. The molecule has 0 aliphatic carbocycles. The predicted molar refractivity (Wildman–Crippen MR) is 102 cm³/mol. The molecule has 0 aliphatic heterocycles. The van der Waals surface area contributed by atoms with Crippen LogP contribution >= 0.6 is 0 Å². The summed E-state index contributed by atoms with van der Waals surface area (Å²) in [6, 6.07) is 16.4. The molecule has 6 nitrogen and oxygen atoms in total. The van der Waals surface area contributed by atoms with E-state index in [9.17, 15) is 19.5 Å². The zero-order valence-corrected chi connectivity index (χ0v) is 15.2. The van der Waals surface area contributed by atoms with Crippen LogP contribution < -0.4 is 10.6 Å². The molecule has 2 unspecified atom stereocenters. The number of carboxylic acids is 1. The van der Waals surface area contributed by atoms with Crippen molar-refractivity contribution in [3.63, 3.8) is 0 Å². The van der Waals surface area contributed by atoms with E-state index >= 15 is 0 Å². The second kappa shape index (κ2) is 10.1. The molecule has 0 radical (unpaired) electrons. The van der Waals surface area contributed by atoms with Gasteiger partial charge in [-0.15, -0.1) is 0 Å².